The largest absolute Gasteiger partial charge is 0.481 e. The third-order valence-corrected chi connectivity index (χ3v) is 4.77. The Balaban J connectivity index is 1.63. The van der Waals surface area contributed by atoms with Crippen LogP contribution >= 0.6 is 0 Å². The Hall–Kier alpha value is -2.49. The minimum Gasteiger partial charge on any atom is -0.481 e. The lowest BCUT2D eigenvalue weighted by Gasteiger charge is -2.37. The quantitative estimate of drug-likeness (QED) is 0.913. The first-order valence-electron chi connectivity index (χ1n) is 8.56. The van der Waals surface area contributed by atoms with E-state index < -0.39 is 11.9 Å². The Morgan fingerprint density at radius 3 is 1.88 bits per heavy atom. The summed E-state index contributed by atoms with van der Waals surface area (Å²) < 4.78 is 0. The molecule has 1 aliphatic heterocycles. The van der Waals surface area contributed by atoms with Gasteiger partial charge >= 0.3 is 5.97 Å². The number of aliphatic carboxylic acids is 1. The van der Waals surface area contributed by atoms with Crippen LogP contribution in [-0.4, -0.2) is 37.3 Å². The molecule has 2 aromatic rings. The van der Waals surface area contributed by atoms with Crippen LogP contribution in [0.25, 0.3) is 0 Å². The van der Waals surface area contributed by atoms with Gasteiger partial charge < -0.3 is 14.9 Å². The molecule has 2 aromatic carbocycles. The van der Waals surface area contributed by atoms with Gasteiger partial charge in [0, 0.05) is 37.6 Å². The summed E-state index contributed by atoms with van der Waals surface area (Å²) in [5.41, 5.74) is 3.34. The molecule has 1 N–H and O–H groups in total. The zero-order valence-electron chi connectivity index (χ0n) is 14.1. The number of piperazine rings is 1. The lowest BCUT2D eigenvalue weighted by molar-refractivity contribution is -0.138. The van der Waals surface area contributed by atoms with Gasteiger partial charge in [0.2, 0.25) is 0 Å². The first-order valence-corrected chi connectivity index (χ1v) is 8.56. The van der Waals surface area contributed by atoms with Crippen molar-refractivity contribution in [1.82, 2.24) is 0 Å². The summed E-state index contributed by atoms with van der Waals surface area (Å²) in [6.07, 6.45) is 0.616. The molecule has 4 heteroatoms. The summed E-state index contributed by atoms with van der Waals surface area (Å²) in [6.45, 7) is 5.86. The van der Waals surface area contributed by atoms with Crippen molar-refractivity contribution in [2.45, 2.75) is 19.3 Å². The Kier molecular flexibility index (Phi) is 5.04. The van der Waals surface area contributed by atoms with Crippen LogP contribution in [0.3, 0.4) is 0 Å². The molecular formula is C20H24N2O2. The summed E-state index contributed by atoms with van der Waals surface area (Å²) in [7, 11) is 0. The molecule has 1 aliphatic rings. The molecule has 1 atom stereocenters. The minimum absolute atomic E-state index is 0.408. The molecule has 1 fully saturated rings. The van der Waals surface area contributed by atoms with Crippen LogP contribution in [0.4, 0.5) is 11.4 Å². The van der Waals surface area contributed by atoms with Crippen molar-refractivity contribution < 1.29 is 9.90 Å². The molecule has 0 amide bonds. The average molecular weight is 324 g/mol. The van der Waals surface area contributed by atoms with E-state index in [1.54, 1.807) is 0 Å². The van der Waals surface area contributed by atoms with Crippen LogP contribution in [0.2, 0.25) is 0 Å². The van der Waals surface area contributed by atoms with Crippen molar-refractivity contribution >= 4 is 17.3 Å². The van der Waals surface area contributed by atoms with Gasteiger partial charge in [-0.1, -0.05) is 37.3 Å². The van der Waals surface area contributed by atoms with Crippen molar-refractivity contribution in [3.05, 3.63) is 60.2 Å². The fraction of sp³-hybridized carbons (Fsp3) is 0.350. The number of carboxylic acid groups (broad SMARTS) is 1. The maximum absolute atomic E-state index is 11.3. The van der Waals surface area contributed by atoms with Crippen LogP contribution < -0.4 is 9.80 Å². The first kappa shape index (κ1) is 16.4. The van der Waals surface area contributed by atoms with E-state index in [0.717, 1.165) is 31.7 Å². The summed E-state index contributed by atoms with van der Waals surface area (Å²) in [6, 6.07) is 18.5. The number of hydrogen-bond acceptors (Lipinski definition) is 3. The summed E-state index contributed by atoms with van der Waals surface area (Å²) in [4.78, 5) is 16.0. The topological polar surface area (TPSA) is 43.8 Å². The van der Waals surface area contributed by atoms with Gasteiger partial charge in [0.1, 0.15) is 0 Å². The first-order chi connectivity index (χ1) is 11.7. The van der Waals surface area contributed by atoms with Crippen molar-refractivity contribution in [1.29, 1.82) is 0 Å². The molecule has 1 saturated heterocycles. The van der Waals surface area contributed by atoms with Crippen LogP contribution in [0.15, 0.2) is 54.6 Å². The zero-order chi connectivity index (χ0) is 16.9. The number of carboxylic acids is 1. The molecule has 0 radical (unpaired) electrons. The molecular weight excluding hydrogens is 300 g/mol. The lowest BCUT2D eigenvalue weighted by Crippen LogP contribution is -2.46. The van der Waals surface area contributed by atoms with Crippen LogP contribution in [0.1, 0.15) is 24.8 Å². The number of nitrogens with zero attached hydrogens (tertiary/aromatic N) is 2. The molecule has 1 heterocycles. The SMILES string of the molecule is CCC(C(=O)O)c1ccc(N2CCN(c3ccccc3)CC2)cc1. The van der Waals surface area contributed by atoms with Gasteiger partial charge in [0.15, 0.2) is 0 Å². The third kappa shape index (κ3) is 3.53. The average Bonchev–Trinajstić information content (AvgIpc) is 2.63. The van der Waals surface area contributed by atoms with E-state index in [2.05, 4.69) is 46.2 Å². The van der Waals surface area contributed by atoms with Gasteiger partial charge in [-0.05, 0) is 36.2 Å². The monoisotopic (exact) mass is 324 g/mol. The third-order valence-electron chi connectivity index (χ3n) is 4.77. The van der Waals surface area contributed by atoms with Crippen molar-refractivity contribution in [3.63, 3.8) is 0 Å². The maximum atomic E-state index is 11.3. The van der Waals surface area contributed by atoms with Crippen molar-refractivity contribution in [3.8, 4) is 0 Å². The standard InChI is InChI=1S/C20H24N2O2/c1-2-19(20(23)24)16-8-10-18(11-9-16)22-14-12-21(13-15-22)17-6-4-3-5-7-17/h3-11,19H,2,12-15H2,1H3,(H,23,24). The molecule has 0 aromatic heterocycles. The molecule has 0 spiro atoms. The predicted octanol–water partition coefficient (Wildman–Crippen LogP) is 3.59. The molecule has 126 valence electrons. The number of carbonyl (C=O) groups is 1. The highest BCUT2D eigenvalue weighted by atomic mass is 16.4. The molecule has 0 bridgehead atoms. The van der Waals surface area contributed by atoms with E-state index >= 15 is 0 Å². The summed E-state index contributed by atoms with van der Waals surface area (Å²) in [5, 5.41) is 9.27. The predicted molar refractivity (Wildman–Crippen MR) is 98.0 cm³/mol. The number of hydrogen-bond donors (Lipinski definition) is 1. The minimum atomic E-state index is -0.748. The Bertz CT molecular complexity index is 662. The summed E-state index contributed by atoms with van der Waals surface area (Å²) >= 11 is 0. The Morgan fingerprint density at radius 1 is 0.917 bits per heavy atom. The van der Waals surface area contributed by atoms with E-state index in [4.69, 9.17) is 0 Å². The second-order valence-corrected chi connectivity index (χ2v) is 6.20. The van der Waals surface area contributed by atoms with Gasteiger partial charge in [-0.15, -0.1) is 0 Å². The molecule has 1 unspecified atom stereocenters. The number of para-hydroxylation sites is 1. The highest BCUT2D eigenvalue weighted by Gasteiger charge is 2.20. The molecule has 0 saturated carbocycles. The van der Waals surface area contributed by atoms with E-state index in [1.807, 2.05) is 25.1 Å². The fourth-order valence-electron chi connectivity index (χ4n) is 3.33. The van der Waals surface area contributed by atoms with E-state index in [0.29, 0.717) is 6.42 Å². The second kappa shape index (κ2) is 7.39. The van der Waals surface area contributed by atoms with Gasteiger partial charge in [-0.25, -0.2) is 0 Å². The number of rotatable bonds is 5. The lowest BCUT2D eigenvalue weighted by atomic mass is 9.96. The van der Waals surface area contributed by atoms with Gasteiger partial charge in [0.25, 0.3) is 0 Å². The van der Waals surface area contributed by atoms with Crippen LogP contribution in [0, 0.1) is 0 Å². The maximum Gasteiger partial charge on any atom is 0.310 e. The molecule has 4 nitrogen and oxygen atoms in total. The highest BCUT2D eigenvalue weighted by Crippen LogP contribution is 2.25. The smallest absolute Gasteiger partial charge is 0.310 e. The van der Waals surface area contributed by atoms with Gasteiger partial charge in [-0.3, -0.25) is 4.79 Å². The van der Waals surface area contributed by atoms with E-state index in [9.17, 15) is 9.90 Å². The van der Waals surface area contributed by atoms with Gasteiger partial charge in [-0.2, -0.15) is 0 Å². The molecule has 0 aliphatic carbocycles. The molecule has 3 rings (SSSR count). The second-order valence-electron chi connectivity index (χ2n) is 6.20. The van der Waals surface area contributed by atoms with Crippen LogP contribution in [-0.2, 0) is 4.79 Å². The Morgan fingerprint density at radius 2 is 1.42 bits per heavy atom. The normalized spacial score (nSPS) is 16.0. The van der Waals surface area contributed by atoms with Crippen LogP contribution in [0.5, 0.6) is 0 Å². The zero-order valence-corrected chi connectivity index (χ0v) is 14.1. The van der Waals surface area contributed by atoms with Gasteiger partial charge in [0.05, 0.1) is 5.92 Å². The fourth-order valence-corrected chi connectivity index (χ4v) is 3.33. The number of anilines is 2. The number of benzene rings is 2. The van der Waals surface area contributed by atoms with Crippen molar-refractivity contribution in [2.24, 2.45) is 0 Å². The Labute approximate surface area is 143 Å². The summed E-state index contributed by atoms with van der Waals surface area (Å²) in [5.74, 6) is -1.16. The van der Waals surface area contributed by atoms with E-state index in [1.165, 1.54) is 11.4 Å². The van der Waals surface area contributed by atoms with E-state index in [-0.39, 0.29) is 0 Å². The molecule has 24 heavy (non-hydrogen) atoms. The highest BCUT2D eigenvalue weighted by molar-refractivity contribution is 5.76. The van der Waals surface area contributed by atoms with Crippen molar-refractivity contribution in [2.75, 3.05) is 36.0 Å².